The second-order valence-corrected chi connectivity index (χ2v) is 5.28. The zero-order chi connectivity index (χ0) is 11.8. The highest BCUT2D eigenvalue weighted by Crippen LogP contribution is 2.31. The van der Waals surface area contributed by atoms with Crippen molar-refractivity contribution in [3.63, 3.8) is 0 Å². The van der Waals surface area contributed by atoms with Gasteiger partial charge >= 0.3 is 0 Å². The zero-order valence-electron chi connectivity index (χ0n) is 10.3. The predicted octanol–water partition coefficient (Wildman–Crippen LogP) is 2.94. The molecule has 1 aromatic rings. The first-order valence-corrected chi connectivity index (χ1v) is 5.85. The molecule has 0 aliphatic carbocycles. The second kappa shape index (κ2) is 3.93. The van der Waals surface area contributed by atoms with E-state index in [1.807, 2.05) is 0 Å². The van der Waals surface area contributed by atoms with Gasteiger partial charge in [-0.3, -0.25) is 4.79 Å². The summed E-state index contributed by atoms with van der Waals surface area (Å²) < 4.78 is 0. The van der Waals surface area contributed by atoms with Crippen LogP contribution in [0.2, 0.25) is 0 Å². The summed E-state index contributed by atoms with van der Waals surface area (Å²) in [6.45, 7) is 7.06. The monoisotopic (exact) mass is 217 g/mol. The van der Waals surface area contributed by atoms with Crippen molar-refractivity contribution in [2.75, 3.05) is 11.4 Å². The number of Topliss-reactive ketones (excluding diaryl/α,β-unsaturated/α-hetero) is 1. The number of hydrogen-bond acceptors (Lipinski definition) is 2. The van der Waals surface area contributed by atoms with Crippen molar-refractivity contribution in [1.29, 1.82) is 0 Å². The van der Waals surface area contributed by atoms with Crippen molar-refractivity contribution < 1.29 is 4.79 Å². The fourth-order valence-electron chi connectivity index (χ4n) is 2.29. The largest absolute Gasteiger partial charge is 0.359 e. The minimum absolute atomic E-state index is 0.0850. The van der Waals surface area contributed by atoms with Crippen LogP contribution in [0.4, 0.5) is 5.69 Å². The number of nitrogens with zero attached hydrogens (tertiary/aromatic N) is 1. The van der Waals surface area contributed by atoms with E-state index in [4.69, 9.17) is 0 Å². The third-order valence-electron chi connectivity index (χ3n) is 3.39. The predicted molar refractivity (Wildman–Crippen MR) is 66.8 cm³/mol. The van der Waals surface area contributed by atoms with Gasteiger partial charge in [-0.2, -0.15) is 0 Å². The van der Waals surface area contributed by atoms with E-state index < -0.39 is 0 Å². The van der Waals surface area contributed by atoms with E-state index in [2.05, 4.69) is 49.9 Å². The number of ketones is 1. The quantitative estimate of drug-likeness (QED) is 0.721. The standard InChI is InChI=1S/C14H19NO/c1-11-5-4-6-12(9-11)15-10-13(16)7-8-14(15,2)3/h4-6,9H,7-8,10H2,1-3H3. The SMILES string of the molecule is Cc1cccc(N2CC(=O)CCC2(C)C)c1. The molecule has 1 heterocycles. The number of benzene rings is 1. The second-order valence-electron chi connectivity index (χ2n) is 5.28. The Morgan fingerprint density at radius 2 is 2.06 bits per heavy atom. The van der Waals surface area contributed by atoms with Crippen LogP contribution in [0.1, 0.15) is 32.3 Å². The molecule has 0 radical (unpaired) electrons. The number of anilines is 1. The highest BCUT2D eigenvalue weighted by Gasteiger charge is 2.33. The Bertz CT molecular complexity index is 409. The minimum Gasteiger partial charge on any atom is -0.359 e. The van der Waals surface area contributed by atoms with Crippen LogP contribution >= 0.6 is 0 Å². The summed E-state index contributed by atoms with van der Waals surface area (Å²) >= 11 is 0. The number of carbonyl (C=O) groups is 1. The summed E-state index contributed by atoms with van der Waals surface area (Å²) in [4.78, 5) is 13.8. The lowest BCUT2D eigenvalue weighted by Crippen LogP contribution is -2.51. The number of aryl methyl sites for hydroxylation is 1. The molecule has 0 unspecified atom stereocenters. The van der Waals surface area contributed by atoms with E-state index in [-0.39, 0.29) is 5.54 Å². The first kappa shape index (κ1) is 11.2. The third-order valence-corrected chi connectivity index (χ3v) is 3.39. The summed E-state index contributed by atoms with van der Waals surface area (Å²) in [5.74, 6) is 0.348. The van der Waals surface area contributed by atoms with E-state index >= 15 is 0 Å². The Hall–Kier alpha value is -1.31. The van der Waals surface area contributed by atoms with Gasteiger partial charge in [0, 0.05) is 17.6 Å². The Kier molecular flexibility index (Phi) is 2.75. The van der Waals surface area contributed by atoms with Crippen molar-refractivity contribution in [1.82, 2.24) is 0 Å². The lowest BCUT2D eigenvalue weighted by atomic mass is 9.89. The van der Waals surface area contributed by atoms with Crippen LogP contribution < -0.4 is 4.90 Å². The molecule has 0 atom stereocenters. The molecule has 0 bridgehead atoms. The van der Waals surface area contributed by atoms with Crippen molar-refractivity contribution in [3.05, 3.63) is 29.8 Å². The lowest BCUT2D eigenvalue weighted by Gasteiger charge is -2.43. The molecule has 0 saturated carbocycles. The van der Waals surface area contributed by atoms with Crippen molar-refractivity contribution >= 4 is 11.5 Å². The molecule has 2 rings (SSSR count). The molecule has 1 aromatic carbocycles. The maximum Gasteiger partial charge on any atom is 0.152 e. The van der Waals surface area contributed by atoms with Gasteiger partial charge in [-0.1, -0.05) is 12.1 Å². The van der Waals surface area contributed by atoms with Gasteiger partial charge in [0.1, 0.15) is 0 Å². The molecule has 1 aliphatic rings. The van der Waals surface area contributed by atoms with Gasteiger partial charge in [-0.15, -0.1) is 0 Å². The van der Waals surface area contributed by atoms with Gasteiger partial charge in [0.25, 0.3) is 0 Å². The maximum absolute atomic E-state index is 11.6. The fourth-order valence-corrected chi connectivity index (χ4v) is 2.29. The smallest absolute Gasteiger partial charge is 0.152 e. The highest BCUT2D eigenvalue weighted by molar-refractivity contribution is 5.85. The van der Waals surface area contributed by atoms with Crippen LogP contribution in [-0.4, -0.2) is 17.9 Å². The Labute approximate surface area is 97.3 Å². The first-order valence-electron chi connectivity index (χ1n) is 5.85. The summed E-state index contributed by atoms with van der Waals surface area (Å²) in [6.07, 6.45) is 1.66. The molecule has 0 spiro atoms. The van der Waals surface area contributed by atoms with Crippen molar-refractivity contribution in [2.24, 2.45) is 0 Å². The highest BCUT2D eigenvalue weighted by atomic mass is 16.1. The van der Waals surface area contributed by atoms with E-state index in [1.54, 1.807) is 0 Å². The lowest BCUT2D eigenvalue weighted by molar-refractivity contribution is -0.119. The number of hydrogen-bond donors (Lipinski definition) is 0. The topological polar surface area (TPSA) is 20.3 Å². The van der Waals surface area contributed by atoms with Crippen molar-refractivity contribution in [3.8, 4) is 0 Å². The van der Waals surface area contributed by atoms with Gasteiger partial charge in [0.2, 0.25) is 0 Å². The minimum atomic E-state index is 0.0850. The van der Waals surface area contributed by atoms with E-state index in [0.29, 0.717) is 12.3 Å². The van der Waals surface area contributed by atoms with Gasteiger partial charge in [-0.25, -0.2) is 0 Å². The summed E-state index contributed by atoms with van der Waals surface area (Å²) in [5.41, 5.74) is 2.49. The molecule has 86 valence electrons. The van der Waals surface area contributed by atoms with Crippen LogP contribution in [0.3, 0.4) is 0 Å². The van der Waals surface area contributed by atoms with Gasteiger partial charge in [0.15, 0.2) is 5.78 Å². The van der Waals surface area contributed by atoms with E-state index in [9.17, 15) is 4.79 Å². The van der Waals surface area contributed by atoms with E-state index in [0.717, 1.165) is 18.5 Å². The molecule has 16 heavy (non-hydrogen) atoms. The molecule has 2 nitrogen and oxygen atoms in total. The number of piperidine rings is 1. The molecule has 1 fully saturated rings. The Morgan fingerprint density at radius 1 is 1.31 bits per heavy atom. The summed E-state index contributed by atoms with van der Waals surface area (Å²) in [6, 6.07) is 8.38. The normalized spacial score (nSPS) is 19.9. The average molecular weight is 217 g/mol. The average Bonchev–Trinajstić information content (AvgIpc) is 2.22. The molecular formula is C14H19NO. The molecular weight excluding hydrogens is 198 g/mol. The number of rotatable bonds is 1. The zero-order valence-corrected chi connectivity index (χ0v) is 10.3. The molecule has 0 aromatic heterocycles. The summed E-state index contributed by atoms with van der Waals surface area (Å²) in [7, 11) is 0. The Balaban J connectivity index is 2.33. The maximum atomic E-state index is 11.6. The molecule has 0 N–H and O–H groups in total. The Morgan fingerprint density at radius 3 is 2.75 bits per heavy atom. The van der Waals surface area contributed by atoms with Crippen LogP contribution in [-0.2, 0) is 4.79 Å². The van der Waals surface area contributed by atoms with Crippen LogP contribution in [0.5, 0.6) is 0 Å². The first-order chi connectivity index (χ1) is 7.49. The summed E-state index contributed by atoms with van der Waals surface area (Å²) in [5, 5.41) is 0. The molecule has 2 heteroatoms. The number of carbonyl (C=O) groups excluding carboxylic acids is 1. The van der Waals surface area contributed by atoms with E-state index in [1.165, 1.54) is 5.56 Å². The third kappa shape index (κ3) is 2.11. The van der Waals surface area contributed by atoms with Gasteiger partial charge < -0.3 is 4.90 Å². The molecule has 1 saturated heterocycles. The fraction of sp³-hybridized carbons (Fsp3) is 0.500. The van der Waals surface area contributed by atoms with Crippen LogP contribution in [0.15, 0.2) is 24.3 Å². The molecule has 0 amide bonds. The van der Waals surface area contributed by atoms with Gasteiger partial charge in [0.05, 0.1) is 6.54 Å². The van der Waals surface area contributed by atoms with Gasteiger partial charge in [-0.05, 0) is 44.9 Å². The van der Waals surface area contributed by atoms with Crippen LogP contribution in [0.25, 0.3) is 0 Å². The molecule has 1 aliphatic heterocycles. The van der Waals surface area contributed by atoms with Crippen LogP contribution in [0, 0.1) is 6.92 Å². The van der Waals surface area contributed by atoms with Crippen molar-refractivity contribution in [2.45, 2.75) is 39.2 Å².